The van der Waals surface area contributed by atoms with Crippen molar-refractivity contribution in [1.82, 2.24) is 0 Å². The minimum absolute atomic E-state index is 0.0891. The average Bonchev–Trinajstić information content (AvgIpc) is 3.20. The minimum Gasteiger partial charge on any atom is -0.495 e. The Balaban J connectivity index is 1.87. The van der Waals surface area contributed by atoms with Gasteiger partial charge in [0, 0.05) is 6.07 Å². The first kappa shape index (κ1) is 21.2. The molecular weight excluding hydrogens is 434 g/mol. The van der Waals surface area contributed by atoms with Crippen LogP contribution < -0.4 is 14.8 Å². The fourth-order valence-electron chi connectivity index (χ4n) is 2.56. The van der Waals surface area contributed by atoms with Gasteiger partial charge in [-0.2, -0.15) is 0 Å². The third kappa shape index (κ3) is 4.39. The van der Waals surface area contributed by atoms with Gasteiger partial charge < -0.3 is 14.8 Å². The van der Waals surface area contributed by atoms with Crippen molar-refractivity contribution in [3.05, 3.63) is 64.0 Å². The molecule has 9 heteroatoms. The van der Waals surface area contributed by atoms with Crippen molar-refractivity contribution < 1.29 is 22.7 Å². The normalized spacial score (nSPS) is 11.2. The first-order valence-electron chi connectivity index (χ1n) is 8.40. The van der Waals surface area contributed by atoms with E-state index in [1.54, 1.807) is 30.3 Å². The number of methoxy groups -OCH3 is 2. The molecule has 0 saturated heterocycles. The SMILES string of the molecule is COc1cc(OC)c(NC(=O)c2ccc(S(=O)(=O)c3ccc(C)cc3)s2)cc1Cl. The molecule has 0 unspecified atom stereocenters. The van der Waals surface area contributed by atoms with Crippen LogP contribution in [0.3, 0.4) is 0 Å². The van der Waals surface area contributed by atoms with Crippen molar-refractivity contribution in [2.45, 2.75) is 16.0 Å². The van der Waals surface area contributed by atoms with Gasteiger partial charge in [-0.3, -0.25) is 4.79 Å². The fraction of sp³-hybridized carbons (Fsp3) is 0.150. The van der Waals surface area contributed by atoms with Gasteiger partial charge in [0.05, 0.1) is 34.7 Å². The predicted octanol–water partition coefficient (Wildman–Crippen LogP) is 4.81. The second-order valence-electron chi connectivity index (χ2n) is 6.08. The van der Waals surface area contributed by atoms with E-state index in [9.17, 15) is 13.2 Å². The summed E-state index contributed by atoms with van der Waals surface area (Å²) in [6, 6.07) is 12.5. The highest BCUT2D eigenvalue weighted by atomic mass is 35.5. The summed E-state index contributed by atoms with van der Waals surface area (Å²) in [4.78, 5) is 13.1. The van der Waals surface area contributed by atoms with E-state index in [0.717, 1.165) is 16.9 Å². The van der Waals surface area contributed by atoms with Crippen molar-refractivity contribution in [2.75, 3.05) is 19.5 Å². The highest BCUT2D eigenvalue weighted by molar-refractivity contribution is 7.93. The van der Waals surface area contributed by atoms with E-state index in [4.69, 9.17) is 21.1 Å². The molecule has 152 valence electrons. The second-order valence-corrected chi connectivity index (χ2v) is 9.74. The molecular formula is C20H18ClNO5S2. The number of ether oxygens (including phenoxy) is 2. The van der Waals surface area contributed by atoms with Crippen molar-refractivity contribution in [3.63, 3.8) is 0 Å². The van der Waals surface area contributed by atoms with E-state index in [2.05, 4.69) is 5.32 Å². The molecule has 0 aliphatic heterocycles. The van der Waals surface area contributed by atoms with Crippen LogP contribution in [0.1, 0.15) is 15.2 Å². The third-order valence-electron chi connectivity index (χ3n) is 4.12. The summed E-state index contributed by atoms with van der Waals surface area (Å²) in [5.41, 5.74) is 1.31. The number of aryl methyl sites for hydroxylation is 1. The molecule has 3 aromatic rings. The molecule has 2 aromatic carbocycles. The lowest BCUT2D eigenvalue weighted by Crippen LogP contribution is -2.11. The molecule has 29 heavy (non-hydrogen) atoms. The monoisotopic (exact) mass is 451 g/mol. The summed E-state index contributed by atoms with van der Waals surface area (Å²) in [6.07, 6.45) is 0. The predicted molar refractivity (Wildman–Crippen MR) is 113 cm³/mol. The van der Waals surface area contributed by atoms with Gasteiger partial charge >= 0.3 is 0 Å². The summed E-state index contributed by atoms with van der Waals surface area (Å²) in [5.74, 6) is 0.299. The first-order chi connectivity index (χ1) is 13.8. The van der Waals surface area contributed by atoms with Gasteiger partial charge in [0.25, 0.3) is 5.91 Å². The topological polar surface area (TPSA) is 81.7 Å². The lowest BCUT2D eigenvalue weighted by atomic mass is 10.2. The number of halogens is 1. The number of thiophene rings is 1. The van der Waals surface area contributed by atoms with E-state index in [-0.39, 0.29) is 14.0 Å². The Bertz CT molecular complexity index is 1150. The summed E-state index contributed by atoms with van der Waals surface area (Å²) < 4.78 is 36.0. The van der Waals surface area contributed by atoms with E-state index in [0.29, 0.717) is 22.2 Å². The number of benzene rings is 2. The largest absolute Gasteiger partial charge is 0.495 e. The maximum absolute atomic E-state index is 12.8. The van der Waals surface area contributed by atoms with Gasteiger partial charge in [-0.25, -0.2) is 8.42 Å². The fourth-order valence-corrected chi connectivity index (χ4v) is 5.41. The lowest BCUT2D eigenvalue weighted by molar-refractivity contribution is 0.103. The third-order valence-corrected chi connectivity index (χ3v) is 7.76. The zero-order valence-electron chi connectivity index (χ0n) is 15.9. The van der Waals surface area contributed by atoms with Gasteiger partial charge in [-0.15, -0.1) is 11.3 Å². The molecule has 1 N–H and O–H groups in total. The number of nitrogens with one attached hydrogen (secondary N) is 1. The summed E-state index contributed by atoms with van der Waals surface area (Å²) >= 11 is 7.02. The van der Waals surface area contributed by atoms with Gasteiger partial charge in [0.2, 0.25) is 9.84 Å². The number of carbonyl (C=O) groups is 1. The Morgan fingerprint density at radius 3 is 2.28 bits per heavy atom. The molecule has 0 atom stereocenters. The molecule has 0 bridgehead atoms. The number of hydrogen-bond donors (Lipinski definition) is 1. The van der Waals surface area contributed by atoms with E-state index in [1.807, 2.05) is 6.92 Å². The molecule has 0 fully saturated rings. The molecule has 0 aliphatic rings. The molecule has 3 rings (SSSR count). The van der Waals surface area contributed by atoms with Gasteiger partial charge in [0.15, 0.2) is 0 Å². The molecule has 1 amide bonds. The van der Waals surface area contributed by atoms with Gasteiger partial charge in [-0.1, -0.05) is 29.3 Å². The minimum atomic E-state index is -3.69. The molecule has 1 heterocycles. The van der Waals surface area contributed by atoms with E-state index >= 15 is 0 Å². The maximum atomic E-state index is 12.8. The quantitative estimate of drug-likeness (QED) is 0.581. The average molecular weight is 452 g/mol. The van der Waals surface area contributed by atoms with Crippen molar-refractivity contribution in [1.29, 1.82) is 0 Å². The first-order valence-corrected chi connectivity index (χ1v) is 11.1. The van der Waals surface area contributed by atoms with Crippen LogP contribution in [-0.2, 0) is 9.84 Å². The van der Waals surface area contributed by atoms with Gasteiger partial charge in [-0.05, 0) is 37.3 Å². The number of amides is 1. The Labute approximate surface area is 178 Å². The zero-order chi connectivity index (χ0) is 21.2. The van der Waals surface area contributed by atoms with Crippen molar-refractivity contribution in [2.24, 2.45) is 0 Å². The smallest absolute Gasteiger partial charge is 0.265 e. The van der Waals surface area contributed by atoms with E-state index < -0.39 is 15.7 Å². The lowest BCUT2D eigenvalue weighted by Gasteiger charge is -2.12. The summed E-state index contributed by atoms with van der Waals surface area (Å²) in [7, 11) is -0.767. The number of anilines is 1. The second kappa shape index (κ2) is 8.44. The Morgan fingerprint density at radius 2 is 1.66 bits per heavy atom. The van der Waals surface area contributed by atoms with Crippen LogP contribution in [-0.4, -0.2) is 28.5 Å². The Kier molecular flexibility index (Phi) is 6.16. The van der Waals surface area contributed by atoms with Crippen LogP contribution in [0.15, 0.2) is 57.6 Å². The van der Waals surface area contributed by atoms with Crippen LogP contribution in [0.2, 0.25) is 5.02 Å². The highest BCUT2D eigenvalue weighted by Crippen LogP contribution is 2.36. The van der Waals surface area contributed by atoms with Crippen LogP contribution in [0.5, 0.6) is 11.5 Å². The van der Waals surface area contributed by atoms with Crippen LogP contribution >= 0.6 is 22.9 Å². The van der Waals surface area contributed by atoms with E-state index in [1.165, 1.54) is 32.4 Å². The Morgan fingerprint density at radius 1 is 1.00 bits per heavy atom. The molecule has 6 nitrogen and oxygen atoms in total. The zero-order valence-corrected chi connectivity index (χ0v) is 18.2. The number of sulfone groups is 1. The van der Waals surface area contributed by atoms with Crippen LogP contribution in [0.25, 0.3) is 0 Å². The molecule has 0 saturated carbocycles. The van der Waals surface area contributed by atoms with Gasteiger partial charge in [0.1, 0.15) is 15.7 Å². The van der Waals surface area contributed by atoms with Crippen LogP contribution in [0, 0.1) is 6.92 Å². The molecule has 0 aliphatic carbocycles. The number of hydrogen-bond acceptors (Lipinski definition) is 6. The van der Waals surface area contributed by atoms with Crippen molar-refractivity contribution >= 4 is 44.4 Å². The van der Waals surface area contributed by atoms with Crippen LogP contribution in [0.4, 0.5) is 5.69 Å². The number of rotatable bonds is 6. The number of carbonyl (C=O) groups excluding carboxylic acids is 1. The molecule has 0 radical (unpaired) electrons. The highest BCUT2D eigenvalue weighted by Gasteiger charge is 2.22. The maximum Gasteiger partial charge on any atom is 0.265 e. The summed E-state index contributed by atoms with van der Waals surface area (Å²) in [5, 5.41) is 3.00. The standard InChI is InChI=1S/C20H18ClNO5S2/c1-12-4-6-13(7-5-12)29(24,25)19-9-8-18(28-19)20(23)22-15-10-14(21)16(26-2)11-17(15)27-3/h4-11H,1-3H3,(H,22,23). The Hall–Kier alpha value is -2.55. The molecule has 0 spiro atoms. The van der Waals surface area contributed by atoms with Crippen molar-refractivity contribution in [3.8, 4) is 11.5 Å². The molecule has 1 aromatic heterocycles. The summed E-state index contributed by atoms with van der Waals surface area (Å²) in [6.45, 7) is 1.88.